The van der Waals surface area contributed by atoms with Crippen molar-refractivity contribution in [2.24, 2.45) is 10.2 Å². The molecule has 1 aromatic rings. The normalized spacial score (nSPS) is 9.73. The van der Waals surface area contributed by atoms with Crippen molar-refractivity contribution in [2.75, 3.05) is 5.73 Å². The van der Waals surface area contributed by atoms with Gasteiger partial charge in [0.15, 0.2) is 0 Å². The molecule has 0 aromatic heterocycles. The maximum Gasteiger partial charge on any atom is 0.226 e. The Hall–Kier alpha value is -1.89. The summed E-state index contributed by atoms with van der Waals surface area (Å²) in [7, 11) is 0. The summed E-state index contributed by atoms with van der Waals surface area (Å²) in [4.78, 5) is 0. The molecule has 1 aromatic carbocycles. The Labute approximate surface area is 64.0 Å². The topological polar surface area (TPSA) is 74.5 Å². The first kappa shape index (κ1) is 7.22. The molecule has 11 heavy (non-hydrogen) atoms. The van der Waals surface area contributed by atoms with Crippen molar-refractivity contribution in [3.63, 3.8) is 0 Å². The monoisotopic (exact) mass is 146 g/mol. The molecule has 0 aliphatic carbocycles. The number of nitrogen functional groups attached to an aromatic ring is 1. The van der Waals surface area contributed by atoms with Crippen molar-refractivity contribution in [2.45, 2.75) is 0 Å². The third-order valence-electron chi connectivity index (χ3n) is 1.10. The van der Waals surface area contributed by atoms with Crippen molar-refractivity contribution < 1.29 is 0 Å². The first-order valence-corrected chi connectivity index (χ1v) is 2.98. The number of benzene rings is 1. The summed E-state index contributed by atoms with van der Waals surface area (Å²) in [5.41, 5.74) is 6.71. The van der Waals surface area contributed by atoms with Gasteiger partial charge in [0.1, 0.15) is 0 Å². The summed E-state index contributed by atoms with van der Waals surface area (Å²) in [5.74, 6) is 0. The van der Waals surface area contributed by atoms with Gasteiger partial charge in [0.25, 0.3) is 0 Å². The SMILES string of the molecule is N#CN=Nc1ccc(N)cc1. The number of nitrogens with two attached hydrogens (primary N) is 1. The quantitative estimate of drug-likeness (QED) is 0.373. The Balaban J connectivity index is 2.84. The molecule has 0 amide bonds. The number of hydrogen-bond acceptors (Lipinski definition) is 4. The third-order valence-corrected chi connectivity index (χ3v) is 1.10. The molecule has 0 aliphatic rings. The van der Waals surface area contributed by atoms with Crippen LogP contribution in [0, 0.1) is 11.5 Å². The zero-order valence-corrected chi connectivity index (χ0v) is 5.73. The van der Waals surface area contributed by atoms with Gasteiger partial charge >= 0.3 is 0 Å². The molecule has 54 valence electrons. The van der Waals surface area contributed by atoms with Crippen LogP contribution in [-0.4, -0.2) is 0 Å². The summed E-state index contributed by atoms with van der Waals surface area (Å²) in [6, 6.07) is 6.78. The van der Waals surface area contributed by atoms with E-state index in [1.807, 2.05) is 0 Å². The van der Waals surface area contributed by atoms with E-state index in [1.54, 1.807) is 30.5 Å². The van der Waals surface area contributed by atoms with Gasteiger partial charge in [-0.05, 0) is 24.3 Å². The van der Waals surface area contributed by atoms with E-state index in [4.69, 9.17) is 11.0 Å². The Bertz CT molecular complexity index is 293. The standard InChI is InChI=1S/C7H6N4/c8-5-10-11-7-3-1-6(9)2-4-7/h1-4H,9H2. The molecule has 1 rings (SSSR count). The maximum atomic E-state index is 8.05. The van der Waals surface area contributed by atoms with E-state index < -0.39 is 0 Å². The lowest BCUT2D eigenvalue weighted by Gasteiger charge is -1.90. The summed E-state index contributed by atoms with van der Waals surface area (Å²) in [6.45, 7) is 0. The molecule has 0 saturated heterocycles. The maximum absolute atomic E-state index is 8.05. The molecule has 4 nitrogen and oxygen atoms in total. The van der Waals surface area contributed by atoms with Crippen LogP contribution in [0.3, 0.4) is 0 Å². The molecule has 0 unspecified atom stereocenters. The first-order chi connectivity index (χ1) is 5.33. The molecule has 0 aliphatic heterocycles. The fourth-order valence-electron chi connectivity index (χ4n) is 0.621. The second-order valence-corrected chi connectivity index (χ2v) is 1.89. The fraction of sp³-hybridized carbons (Fsp3) is 0. The minimum atomic E-state index is 0.626. The van der Waals surface area contributed by atoms with E-state index in [0.717, 1.165) is 0 Å². The van der Waals surface area contributed by atoms with E-state index in [9.17, 15) is 0 Å². The van der Waals surface area contributed by atoms with Gasteiger partial charge in [-0.15, -0.1) is 5.11 Å². The number of nitriles is 1. The van der Waals surface area contributed by atoms with E-state index in [2.05, 4.69) is 10.2 Å². The highest BCUT2D eigenvalue weighted by molar-refractivity contribution is 5.47. The van der Waals surface area contributed by atoms with Crippen LogP contribution < -0.4 is 5.73 Å². The van der Waals surface area contributed by atoms with Gasteiger partial charge in [0.2, 0.25) is 6.19 Å². The van der Waals surface area contributed by atoms with Crippen molar-refractivity contribution in [1.82, 2.24) is 0 Å². The van der Waals surface area contributed by atoms with Crippen molar-refractivity contribution in [1.29, 1.82) is 5.26 Å². The smallest absolute Gasteiger partial charge is 0.226 e. The van der Waals surface area contributed by atoms with E-state index in [0.29, 0.717) is 11.4 Å². The van der Waals surface area contributed by atoms with E-state index in [1.165, 1.54) is 0 Å². The van der Waals surface area contributed by atoms with Crippen LogP contribution in [0.1, 0.15) is 0 Å². The van der Waals surface area contributed by atoms with Gasteiger partial charge in [-0.25, -0.2) is 0 Å². The van der Waals surface area contributed by atoms with Gasteiger partial charge < -0.3 is 5.73 Å². The minimum absolute atomic E-state index is 0.626. The molecule has 0 saturated carbocycles. The number of azo groups is 1. The molecule has 0 radical (unpaired) electrons. The Morgan fingerprint density at radius 1 is 1.27 bits per heavy atom. The molecular formula is C7H6N4. The largest absolute Gasteiger partial charge is 0.399 e. The van der Waals surface area contributed by atoms with Crippen molar-refractivity contribution in [3.05, 3.63) is 24.3 Å². The van der Waals surface area contributed by atoms with E-state index in [-0.39, 0.29) is 0 Å². The van der Waals surface area contributed by atoms with Crippen LogP contribution in [0.25, 0.3) is 0 Å². The molecule has 0 atom stereocenters. The third kappa shape index (κ3) is 2.06. The summed E-state index contributed by atoms with van der Waals surface area (Å²) in [5, 5.41) is 14.8. The lowest BCUT2D eigenvalue weighted by Crippen LogP contribution is -1.80. The molecule has 0 spiro atoms. The van der Waals surface area contributed by atoms with Crippen LogP contribution in [0.5, 0.6) is 0 Å². The number of nitrogens with zero attached hydrogens (tertiary/aromatic N) is 3. The lowest BCUT2D eigenvalue weighted by molar-refractivity contribution is 1.23. The van der Waals surface area contributed by atoms with Gasteiger partial charge in [0, 0.05) is 5.69 Å². The lowest BCUT2D eigenvalue weighted by atomic mass is 10.3. The van der Waals surface area contributed by atoms with Gasteiger partial charge in [0.05, 0.1) is 5.69 Å². The molecule has 4 heteroatoms. The molecule has 0 bridgehead atoms. The number of hydrogen-bond donors (Lipinski definition) is 1. The molecule has 2 N–H and O–H groups in total. The Morgan fingerprint density at radius 2 is 1.91 bits per heavy atom. The van der Waals surface area contributed by atoms with Crippen molar-refractivity contribution >= 4 is 11.4 Å². The zero-order valence-electron chi connectivity index (χ0n) is 5.73. The van der Waals surface area contributed by atoms with Gasteiger partial charge in [-0.1, -0.05) is 5.11 Å². The van der Waals surface area contributed by atoms with Gasteiger partial charge in [-0.3, -0.25) is 0 Å². The fourth-order valence-corrected chi connectivity index (χ4v) is 0.621. The average Bonchev–Trinajstić information content (AvgIpc) is 2.04. The van der Waals surface area contributed by atoms with Crippen LogP contribution in [0.4, 0.5) is 11.4 Å². The number of anilines is 1. The highest BCUT2D eigenvalue weighted by Gasteiger charge is 1.86. The van der Waals surface area contributed by atoms with Crippen LogP contribution in [0.2, 0.25) is 0 Å². The predicted octanol–water partition coefficient (Wildman–Crippen LogP) is 1.83. The van der Waals surface area contributed by atoms with E-state index >= 15 is 0 Å². The highest BCUT2D eigenvalue weighted by Crippen LogP contribution is 2.13. The average molecular weight is 146 g/mol. The molecule has 0 heterocycles. The predicted molar refractivity (Wildman–Crippen MR) is 41.0 cm³/mol. The second kappa shape index (κ2) is 3.32. The summed E-state index contributed by atoms with van der Waals surface area (Å²) >= 11 is 0. The first-order valence-electron chi connectivity index (χ1n) is 2.98. The van der Waals surface area contributed by atoms with Crippen LogP contribution in [0.15, 0.2) is 34.5 Å². The highest BCUT2D eigenvalue weighted by atomic mass is 15.1. The Morgan fingerprint density at radius 3 is 2.45 bits per heavy atom. The Kier molecular flexibility index (Phi) is 2.18. The zero-order chi connectivity index (χ0) is 8.10. The summed E-state index contributed by atoms with van der Waals surface area (Å²) in [6.07, 6.45) is 1.56. The second-order valence-electron chi connectivity index (χ2n) is 1.89. The van der Waals surface area contributed by atoms with Crippen molar-refractivity contribution in [3.8, 4) is 6.19 Å². The minimum Gasteiger partial charge on any atom is -0.399 e. The van der Waals surface area contributed by atoms with Crippen LogP contribution in [-0.2, 0) is 0 Å². The molecule has 0 fully saturated rings. The van der Waals surface area contributed by atoms with Crippen LogP contribution >= 0.6 is 0 Å². The number of rotatable bonds is 1. The molecular weight excluding hydrogens is 140 g/mol. The van der Waals surface area contributed by atoms with Gasteiger partial charge in [-0.2, -0.15) is 5.26 Å². The summed E-state index contributed by atoms with van der Waals surface area (Å²) < 4.78 is 0.